The monoisotopic (exact) mass is 391 g/mol. The van der Waals surface area contributed by atoms with Crippen LogP contribution in [0.3, 0.4) is 0 Å². The van der Waals surface area contributed by atoms with Gasteiger partial charge in [0.1, 0.15) is 4.90 Å². The first kappa shape index (κ1) is 15.7. The van der Waals surface area contributed by atoms with Gasteiger partial charge in [-0.05, 0) is 42.7 Å². The summed E-state index contributed by atoms with van der Waals surface area (Å²) in [5.41, 5.74) is 0.492. The molecule has 20 heavy (non-hydrogen) atoms. The van der Waals surface area contributed by atoms with E-state index < -0.39 is 10.0 Å². The van der Waals surface area contributed by atoms with Crippen molar-refractivity contribution in [1.29, 1.82) is 0 Å². The van der Waals surface area contributed by atoms with Crippen LogP contribution >= 0.6 is 39.3 Å². The second-order valence-corrected chi connectivity index (χ2v) is 7.76. The van der Waals surface area contributed by atoms with Gasteiger partial charge in [-0.15, -0.1) is 11.8 Å². The number of halogens is 2. The molecule has 0 unspecified atom stereocenters. The second-order valence-electron chi connectivity index (χ2n) is 3.91. The van der Waals surface area contributed by atoms with Gasteiger partial charge in [-0.1, -0.05) is 33.6 Å². The Labute approximate surface area is 135 Å². The lowest BCUT2D eigenvalue weighted by Gasteiger charge is -2.11. The minimum atomic E-state index is -3.67. The van der Waals surface area contributed by atoms with E-state index in [0.717, 1.165) is 4.47 Å². The summed E-state index contributed by atoms with van der Waals surface area (Å²) in [4.78, 5) is 0.828. The van der Waals surface area contributed by atoms with Crippen LogP contribution < -0.4 is 4.72 Å². The Morgan fingerprint density at radius 2 is 1.95 bits per heavy atom. The molecule has 0 fully saturated rings. The van der Waals surface area contributed by atoms with Crippen LogP contribution in [-0.2, 0) is 10.0 Å². The van der Waals surface area contributed by atoms with Gasteiger partial charge in [0.25, 0.3) is 10.0 Å². The fourth-order valence-corrected chi connectivity index (χ4v) is 4.46. The van der Waals surface area contributed by atoms with Crippen LogP contribution in [-0.4, -0.2) is 14.7 Å². The number of sulfonamides is 1. The van der Waals surface area contributed by atoms with Gasteiger partial charge in [-0.2, -0.15) is 0 Å². The number of anilines is 1. The summed E-state index contributed by atoms with van der Waals surface area (Å²) in [5, 5.41) is 0.386. The number of rotatable bonds is 4. The maximum Gasteiger partial charge on any atom is 0.263 e. The van der Waals surface area contributed by atoms with Gasteiger partial charge in [0, 0.05) is 20.1 Å². The normalized spacial score (nSPS) is 11.3. The molecule has 0 aliphatic rings. The minimum Gasteiger partial charge on any atom is -0.280 e. The van der Waals surface area contributed by atoms with Gasteiger partial charge < -0.3 is 0 Å². The Morgan fingerprint density at radius 1 is 1.20 bits per heavy atom. The molecule has 0 aromatic heterocycles. The average Bonchev–Trinajstić information content (AvgIpc) is 2.38. The third-order valence-electron chi connectivity index (χ3n) is 2.49. The third-order valence-corrected chi connectivity index (χ3v) is 5.57. The van der Waals surface area contributed by atoms with E-state index in [1.807, 2.05) is 12.3 Å². The van der Waals surface area contributed by atoms with E-state index in [1.54, 1.807) is 30.3 Å². The summed E-state index contributed by atoms with van der Waals surface area (Å²) in [6.07, 6.45) is 1.82. The molecule has 106 valence electrons. The molecule has 0 bridgehead atoms. The van der Waals surface area contributed by atoms with Crippen molar-refractivity contribution in [2.24, 2.45) is 0 Å². The van der Waals surface area contributed by atoms with Gasteiger partial charge in [0.2, 0.25) is 0 Å². The summed E-state index contributed by atoms with van der Waals surface area (Å²) in [7, 11) is -3.67. The highest BCUT2D eigenvalue weighted by Gasteiger charge is 2.19. The van der Waals surface area contributed by atoms with Crippen LogP contribution in [0.4, 0.5) is 5.69 Å². The van der Waals surface area contributed by atoms with Crippen molar-refractivity contribution in [3.63, 3.8) is 0 Å². The van der Waals surface area contributed by atoms with E-state index in [9.17, 15) is 8.42 Å². The molecular weight excluding hydrogens is 382 g/mol. The smallest absolute Gasteiger partial charge is 0.263 e. The number of nitrogens with one attached hydrogen (secondary N) is 1. The molecule has 0 radical (unpaired) electrons. The molecule has 1 N–H and O–H groups in total. The SMILES string of the molecule is CSc1ccc(Cl)cc1S(=O)(=O)Nc1cccc(Br)c1. The van der Waals surface area contributed by atoms with Gasteiger partial charge in [-0.3, -0.25) is 4.72 Å². The van der Waals surface area contributed by atoms with Crippen LogP contribution in [0, 0.1) is 0 Å². The summed E-state index contributed by atoms with van der Waals surface area (Å²) in [6.45, 7) is 0. The first-order valence-electron chi connectivity index (χ1n) is 5.54. The standard InChI is InChI=1S/C13H11BrClNO2S2/c1-19-12-6-5-10(15)8-13(12)20(17,18)16-11-4-2-3-9(14)7-11/h2-8,16H,1H3. The van der Waals surface area contributed by atoms with Gasteiger partial charge in [0.05, 0.1) is 0 Å². The van der Waals surface area contributed by atoms with Gasteiger partial charge >= 0.3 is 0 Å². The molecule has 2 rings (SSSR count). The van der Waals surface area contributed by atoms with Crippen molar-refractivity contribution in [3.05, 3.63) is 52.0 Å². The first-order chi connectivity index (χ1) is 9.42. The molecule has 0 saturated heterocycles. The molecule has 0 aliphatic carbocycles. The lowest BCUT2D eigenvalue weighted by atomic mass is 10.3. The Bertz CT molecular complexity index is 735. The highest BCUT2D eigenvalue weighted by atomic mass is 79.9. The van der Waals surface area contributed by atoms with Crippen molar-refractivity contribution in [2.75, 3.05) is 11.0 Å². The highest BCUT2D eigenvalue weighted by Crippen LogP contribution is 2.29. The van der Waals surface area contributed by atoms with E-state index in [-0.39, 0.29) is 4.90 Å². The molecule has 0 atom stereocenters. The molecule has 0 spiro atoms. The van der Waals surface area contributed by atoms with Crippen LogP contribution in [0.5, 0.6) is 0 Å². The maximum absolute atomic E-state index is 12.4. The molecule has 2 aromatic carbocycles. The zero-order valence-corrected chi connectivity index (χ0v) is 14.4. The molecule has 7 heteroatoms. The zero-order chi connectivity index (χ0) is 14.8. The van der Waals surface area contributed by atoms with E-state index >= 15 is 0 Å². The van der Waals surface area contributed by atoms with E-state index in [1.165, 1.54) is 17.8 Å². The van der Waals surface area contributed by atoms with Crippen molar-refractivity contribution >= 4 is 55.0 Å². The number of benzene rings is 2. The molecule has 0 heterocycles. The molecule has 0 amide bonds. The van der Waals surface area contributed by atoms with Crippen LogP contribution in [0.15, 0.2) is 56.7 Å². The topological polar surface area (TPSA) is 46.2 Å². The second kappa shape index (κ2) is 6.39. The summed E-state index contributed by atoms with van der Waals surface area (Å²) < 4.78 is 28.2. The number of thioether (sulfide) groups is 1. The Hall–Kier alpha value is -0.690. The molecular formula is C13H11BrClNO2S2. The van der Waals surface area contributed by atoms with Crippen molar-refractivity contribution in [2.45, 2.75) is 9.79 Å². The van der Waals surface area contributed by atoms with Crippen LogP contribution in [0.1, 0.15) is 0 Å². The predicted molar refractivity (Wildman–Crippen MR) is 88.2 cm³/mol. The lowest BCUT2D eigenvalue weighted by Crippen LogP contribution is -2.14. The molecule has 2 aromatic rings. The molecule has 0 saturated carbocycles. The third kappa shape index (κ3) is 3.69. The first-order valence-corrected chi connectivity index (χ1v) is 9.42. The van der Waals surface area contributed by atoms with Crippen molar-refractivity contribution in [3.8, 4) is 0 Å². The van der Waals surface area contributed by atoms with Crippen LogP contribution in [0.25, 0.3) is 0 Å². The summed E-state index contributed by atoms with van der Waals surface area (Å²) in [6, 6.07) is 11.8. The summed E-state index contributed by atoms with van der Waals surface area (Å²) in [5.74, 6) is 0. The molecule has 0 aliphatic heterocycles. The lowest BCUT2D eigenvalue weighted by molar-refractivity contribution is 0.599. The average molecular weight is 393 g/mol. The zero-order valence-electron chi connectivity index (χ0n) is 10.4. The number of hydrogen-bond acceptors (Lipinski definition) is 3. The maximum atomic E-state index is 12.4. The van der Waals surface area contributed by atoms with Crippen LogP contribution in [0.2, 0.25) is 5.02 Å². The fraction of sp³-hybridized carbons (Fsp3) is 0.0769. The largest absolute Gasteiger partial charge is 0.280 e. The van der Waals surface area contributed by atoms with E-state index in [4.69, 9.17) is 11.6 Å². The highest BCUT2D eigenvalue weighted by molar-refractivity contribution is 9.10. The van der Waals surface area contributed by atoms with Crippen molar-refractivity contribution in [1.82, 2.24) is 0 Å². The predicted octanol–water partition coefficient (Wildman–Crippen LogP) is 4.63. The van der Waals surface area contributed by atoms with Crippen molar-refractivity contribution < 1.29 is 8.42 Å². The van der Waals surface area contributed by atoms with E-state index in [2.05, 4.69) is 20.7 Å². The van der Waals surface area contributed by atoms with Gasteiger partial charge in [0.15, 0.2) is 0 Å². The Morgan fingerprint density at radius 3 is 2.60 bits per heavy atom. The Balaban J connectivity index is 2.43. The Kier molecular flexibility index (Phi) is 5.01. The van der Waals surface area contributed by atoms with E-state index in [0.29, 0.717) is 15.6 Å². The van der Waals surface area contributed by atoms with Gasteiger partial charge in [-0.25, -0.2) is 8.42 Å². The molecule has 3 nitrogen and oxygen atoms in total. The summed E-state index contributed by atoms with van der Waals surface area (Å²) >= 11 is 10.6. The number of hydrogen-bond donors (Lipinski definition) is 1. The minimum absolute atomic E-state index is 0.178. The fourth-order valence-electron chi connectivity index (χ4n) is 1.62. The quantitative estimate of drug-likeness (QED) is 0.772.